The molecule has 2 nitrogen and oxygen atoms in total. The minimum absolute atomic E-state index is 0.822. The molecule has 0 amide bonds. The van der Waals surface area contributed by atoms with Gasteiger partial charge in [-0.3, -0.25) is 0 Å². The van der Waals surface area contributed by atoms with Gasteiger partial charge in [-0.25, -0.2) is 0 Å². The van der Waals surface area contributed by atoms with E-state index < -0.39 is 0 Å². The maximum Gasteiger partial charge on any atom is 0.0125 e. The van der Waals surface area contributed by atoms with Crippen molar-refractivity contribution in [1.82, 2.24) is 10.2 Å². The maximum absolute atomic E-state index is 3.76. The molecule has 2 aliphatic rings. The standard InChI is InChI=1S/C16H32N2/c1-5-18(11-13(4)8-12(2)3)16-9-14-6-7-15(10-16)17-14/h12-17H,5-11H2,1-4H3. The first-order chi connectivity index (χ1) is 8.58. The molecule has 2 heterocycles. The predicted molar refractivity (Wildman–Crippen MR) is 78.8 cm³/mol. The monoisotopic (exact) mass is 252 g/mol. The van der Waals surface area contributed by atoms with Crippen molar-refractivity contribution in [3.05, 3.63) is 0 Å². The molecule has 2 saturated heterocycles. The number of piperidine rings is 1. The molecule has 0 saturated carbocycles. The van der Waals surface area contributed by atoms with Gasteiger partial charge in [0.25, 0.3) is 0 Å². The predicted octanol–water partition coefficient (Wildman–Crippen LogP) is 3.27. The van der Waals surface area contributed by atoms with Crippen molar-refractivity contribution in [2.24, 2.45) is 11.8 Å². The van der Waals surface area contributed by atoms with E-state index in [1.54, 1.807) is 0 Å². The molecule has 0 aromatic heterocycles. The molecule has 0 radical (unpaired) electrons. The Kier molecular flexibility index (Phi) is 5.08. The van der Waals surface area contributed by atoms with E-state index in [9.17, 15) is 0 Å². The Hall–Kier alpha value is -0.0800. The quantitative estimate of drug-likeness (QED) is 0.780. The second-order valence-electron chi connectivity index (χ2n) is 7.09. The van der Waals surface area contributed by atoms with Crippen LogP contribution >= 0.6 is 0 Å². The van der Waals surface area contributed by atoms with Crippen molar-refractivity contribution < 1.29 is 0 Å². The largest absolute Gasteiger partial charge is 0.311 e. The summed E-state index contributed by atoms with van der Waals surface area (Å²) >= 11 is 0. The van der Waals surface area contributed by atoms with Gasteiger partial charge in [0.2, 0.25) is 0 Å². The van der Waals surface area contributed by atoms with Gasteiger partial charge in [0.1, 0.15) is 0 Å². The van der Waals surface area contributed by atoms with Gasteiger partial charge >= 0.3 is 0 Å². The van der Waals surface area contributed by atoms with Crippen LogP contribution in [-0.2, 0) is 0 Å². The highest BCUT2D eigenvalue weighted by atomic mass is 15.2. The lowest BCUT2D eigenvalue weighted by Crippen LogP contribution is -2.49. The van der Waals surface area contributed by atoms with Gasteiger partial charge in [-0.15, -0.1) is 0 Å². The van der Waals surface area contributed by atoms with Gasteiger partial charge in [-0.1, -0.05) is 27.7 Å². The normalized spacial score (nSPS) is 33.3. The topological polar surface area (TPSA) is 15.3 Å². The molecule has 2 bridgehead atoms. The average Bonchev–Trinajstić information content (AvgIpc) is 2.64. The zero-order valence-electron chi connectivity index (χ0n) is 12.8. The zero-order chi connectivity index (χ0) is 13.1. The summed E-state index contributed by atoms with van der Waals surface area (Å²) in [6, 6.07) is 2.50. The second-order valence-corrected chi connectivity index (χ2v) is 7.09. The smallest absolute Gasteiger partial charge is 0.0125 e. The van der Waals surface area contributed by atoms with E-state index in [4.69, 9.17) is 0 Å². The van der Waals surface area contributed by atoms with E-state index in [0.29, 0.717) is 0 Å². The summed E-state index contributed by atoms with van der Waals surface area (Å²) in [4.78, 5) is 2.76. The number of hydrogen-bond acceptors (Lipinski definition) is 2. The molecule has 3 atom stereocenters. The second kappa shape index (κ2) is 6.38. The van der Waals surface area contributed by atoms with Crippen molar-refractivity contribution in [3.63, 3.8) is 0 Å². The van der Waals surface area contributed by atoms with Crippen LogP contribution in [-0.4, -0.2) is 36.1 Å². The number of hydrogen-bond donors (Lipinski definition) is 1. The number of rotatable bonds is 6. The molecule has 18 heavy (non-hydrogen) atoms. The third-order valence-corrected chi connectivity index (χ3v) is 4.79. The number of fused-ring (bicyclic) bond motifs is 2. The Balaban J connectivity index is 1.84. The summed E-state index contributed by atoms with van der Waals surface area (Å²) in [5.41, 5.74) is 0. The van der Waals surface area contributed by atoms with E-state index in [0.717, 1.165) is 30.0 Å². The number of nitrogens with one attached hydrogen (secondary N) is 1. The van der Waals surface area contributed by atoms with Gasteiger partial charge in [0.15, 0.2) is 0 Å². The molecule has 0 aliphatic carbocycles. The molecule has 2 rings (SSSR count). The molecule has 2 aliphatic heterocycles. The minimum atomic E-state index is 0.822. The molecule has 106 valence electrons. The van der Waals surface area contributed by atoms with E-state index in [1.165, 1.54) is 45.2 Å². The first-order valence-corrected chi connectivity index (χ1v) is 8.08. The Bertz CT molecular complexity index is 239. The van der Waals surface area contributed by atoms with Crippen LogP contribution in [0.15, 0.2) is 0 Å². The molecule has 0 spiro atoms. The summed E-state index contributed by atoms with van der Waals surface area (Å²) in [5, 5.41) is 3.76. The Morgan fingerprint density at radius 1 is 1.11 bits per heavy atom. The van der Waals surface area contributed by atoms with E-state index in [2.05, 4.69) is 37.9 Å². The Morgan fingerprint density at radius 2 is 1.72 bits per heavy atom. The van der Waals surface area contributed by atoms with Gasteiger partial charge < -0.3 is 10.2 Å². The molecular formula is C16H32N2. The molecule has 2 fully saturated rings. The van der Waals surface area contributed by atoms with Gasteiger partial charge in [0.05, 0.1) is 0 Å². The molecule has 0 aromatic rings. The molecular weight excluding hydrogens is 220 g/mol. The van der Waals surface area contributed by atoms with E-state index in [-0.39, 0.29) is 0 Å². The van der Waals surface area contributed by atoms with Gasteiger partial charge in [0, 0.05) is 24.7 Å². The summed E-state index contributed by atoms with van der Waals surface area (Å²) in [5.74, 6) is 1.68. The average molecular weight is 252 g/mol. The lowest BCUT2D eigenvalue weighted by Gasteiger charge is -2.38. The fourth-order valence-corrected chi connectivity index (χ4v) is 4.14. The first kappa shape index (κ1) is 14.3. The van der Waals surface area contributed by atoms with Crippen molar-refractivity contribution >= 4 is 0 Å². The molecule has 3 unspecified atom stereocenters. The lowest BCUT2D eigenvalue weighted by molar-refractivity contribution is 0.125. The van der Waals surface area contributed by atoms with Crippen LogP contribution in [0.1, 0.15) is 59.8 Å². The number of nitrogens with zero attached hydrogens (tertiary/aromatic N) is 1. The maximum atomic E-state index is 3.76. The van der Waals surface area contributed by atoms with Crippen LogP contribution in [0.2, 0.25) is 0 Å². The summed E-state index contributed by atoms with van der Waals surface area (Å²) < 4.78 is 0. The van der Waals surface area contributed by atoms with Crippen molar-refractivity contribution in [2.75, 3.05) is 13.1 Å². The SMILES string of the molecule is CCN(CC(C)CC(C)C)C1CC2CCC(C1)N2. The van der Waals surface area contributed by atoms with Crippen LogP contribution < -0.4 is 5.32 Å². The summed E-state index contributed by atoms with van der Waals surface area (Å²) in [6.07, 6.45) is 6.98. The summed E-state index contributed by atoms with van der Waals surface area (Å²) in [7, 11) is 0. The highest BCUT2D eigenvalue weighted by Crippen LogP contribution is 2.30. The van der Waals surface area contributed by atoms with Crippen molar-refractivity contribution in [2.45, 2.75) is 77.9 Å². The first-order valence-electron chi connectivity index (χ1n) is 8.08. The molecule has 1 N–H and O–H groups in total. The fourth-order valence-electron chi connectivity index (χ4n) is 4.14. The lowest BCUT2D eigenvalue weighted by atomic mass is 9.94. The minimum Gasteiger partial charge on any atom is -0.311 e. The van der Waals surface area contributed by atoms with Crippen molar-refractivity contribution in [1.29, 1.82) is 0 Å². The van der Waals surface area contributed by atoms with Gasteiger partial charge in [-0.05, 0) is 50.5 Å². The third-order valence-electron chi connectivity index (χ3n) is 4.79. The summed E-state index contributed by atoms with van der Waals surface area (Å²) in [6.45, 7) is 12.0. The van der Waals surface area contributed by atoms with Crippen LogP contribution in [0.3, 0.4) is 0 Å². The Morgan fingerprint density at radius 3 is 2.22 bits per heavy atom. The third kappa shape index (κ3) is 3.71. The Labute approximate surface area is 114 Å². The highest BCUT2D eigenvalue weighted by molar-refractivity contribution is 4.95. The van der Waals surface area contributed by atoms with E-state index >= 15 is 0 Å². The van der Waals surface area contributed by atoms with Crippen LogP contribution in [0, 0.1) is 11.8 Å². The van der Waals surface area contributed by atoms with Crippen LogP contribution in [0.25, 0.3) is 0 Å². The van der Waals surface area contributed by atoms with Gasteiger partial charge in [-0.2, -0.15) is 0 Å². The zero-order valence-corrected chi connectivity index (χ0v) is 12.8. The fraction of sp³-hybridized carbons (Fsp3) is 1.00. The molecule has 0 aromatic carbocycles. The molecule has 2 heteroatoms. The van der Waals surface area contributed by atoms with Crippen molar-refractivity contribution in [3.8, 4) is 0 Å². The van der Waals surface area contributed by atoms with E-state index in [1.807, 2.05) is 0 Å². The van der Waals surface area contributed by atoms with Crippen LogP contribution in [0.5, 0.6) is 0 Å². The van der Waals surface area contributed by atoms with Crippen LogP contribution in [0.4, 0.5) is 0 Å². The highest BCUT2D eigenvalue weighted by Gasteiger charge is 2.35.